The van der Waals surface area contributed by atoms with Crippen molar-refractivity contribution in [3.05, 3.63) is 95.6 Å². The molecule has 3 aromatic carbocycles. The minimum Gasteiger partial charge on any atom is -0.481 e. The van der Waals surface area contributed by atoms with Gasteiger partial charge < -0.3 is 20.5 Å². The molecule has 39 heavy (non-hydrogen) atoms. The fraction of sp³-hybridized carbons (Fsp3) is 0.323. The normalized spacial score (nSPS) is 16.1. The molecule has 1 aliphatic heterocycles. The van der Waals surface area contributed by atoms with Gasteiger partial charge in [0, 0.05) is 31.6 Å². The number of amides is 2. The molecular weight excluding hydrogens is 494 g/mol. The highest BCUT2D eigenvalue weighted by molar-refractivity contribution is 5.89. The van der Waals surface area contributed by atoms with Gasteiger partial charge in [0.25, 0.3) is 0 Å². The zero-order chi connectivity index (χ0) is 27.2. The smallest absolute Gasteiger partial charge is 0.407 e. The predicted octanol–water partition coefficient (Wildman–Crippen LogP) is 4.15. The van der Waals surface area contributed by atoms with Crippen LogP contribution in [0.2, 0.25) is 0 Å². The number of hydrogen-bond acceptors (Lipinski definition) is 5. The van der Waals surface area contributed by atoms with Crippen molar-refractivity contribution in [3.8, 4) is 11.1 Å². The highest BCUT2D eigenvalue weighted by Crippen LogP contribution is 2.44. The Kier molecular flexibility index (Phi) is 8.22. The van der Waals surface area contributed by atoms with Crippen molar-refractivity contribution >= 4 is 18.0 Å². The third-order valence-electron chi connectivity index (χ3n) is 7.51. The summed E-state index contributed by atoms with van der Waals surface area (Å²) in [4.78, 5) is 39.5. The molecule has 5 rings (SSSR count). The van der Waals surface area contributed by atoms with Gasteiger partial charge in [-0.2, -0.15) is 0 Å². The molecule has 8 heteroatoms. The third-order valence-corrected chi connectivity index (χ3v) is 7.51. The van der Waals surface area contributed by atoms with Gasteiger partial charge in [0.05, 0.1) is 6.42 Å². The summed E-state index contributed by atoms with van der Waals surface area (Å²) >= 11 is 0. The van der Waals surface area contributed by atoms with Crippen molar-refractivity contribution in [2.45, 2.75) is 43.8 Å². The molecule has 1 aliphatic carbocycles. The van der Waals surface area contributed by atoms with Crippen molar-refractivity contribution in [2.24, 2.45) is 0 Å². The summed E-state index contributed by atoms with van der Waals surface area (Å²) in [6.07, 6.45) is 0.172. The summed E-state index contributed by atoms with van der Waals surface area (Å²) < 4.78 is 5.53. The van der Waals surface area contributed by atoms with Crippen molar-refractivity contribution in [2.75, 3.05) is 19.7 Å². The number of aliphatic carboxylic acids is 1. The Morgan fingerprint density at radius 1 is 0.872 bits per heavy atom. The van der Waals surface area contributed by atoms with Crippen molar-refractivity contribution < 1.29 is 24.2 Å². The van der Waals surface area contributed by atoms with Crippen LogP contribution in [0.25, 0.3) is 11.1 Å². The Labute approximate surface area is 228 Å². The molecule has 1 heterocycles. The lowest BCUT2D eigenvalue weighted by molar-refractivity contribution is -0.140. The van der Waals surface area contributed by atoms with E-state index in [1.807, 2.05) is 66.7 Å². The van der Waals surface area contributed by atoms with Crippen LogP contribution in [0.5, 0.6) is 0 Å². The lowest BCUT2D eigenvalue weighted by Gasteiger charge is -2.33. The summed E-state index contributed by atoms with van der Waals surface area (Å²) in [7, 11) is 0. The number of nitrogens with one attached hydrogen (secondary N) is 2. The Hall–Kier alpha value is -4.17. The van der Waals surface area contributed by atoms with Gasteiger partial charge in [0.15, 0.2) is 0 Å². The van der Waals surface area contributed by atoms with Gasteiger partial charge in [0.2, 0.25) is 5.91 Å². The maximum atomic E-state index is 13.0. The van der Waals surface area contributed by atoms with Crippen LogP contribution in [0, 0.1) is 0 Å². The first-order chi connectivity index (χ1) is 19.0. The maximum absolute atomic E-state index is 13.0. The minimum absolute atomic E-state index is 0.0786. The molecule has 2 amide bonds. The minimum atomic E-state index is -1.22. The number of ether oxygens (including phenoxy) is 1. The number of fused-ring (bicyclic) bond motifs is 3. The second-order valence-electron chi connectivity index (χ2n) is 10.2. The van der Waals surface area contributed by atoms with Gasteiger partial charge in [-0.25, -0.2) is 4.79 Å². The molecule has 8 nitrogen and oxygen atoms in total. The van der Waals surface area contributed by atoms with E-state index in [1.54, 1.807) is 0 Å². The zero-order valence-electron chi connectivity index (χ0n) is 21.7. The number of likely N-dealkylation sites (tertiary alicyclic amines) is 1. The van der Waals surface area contributed by atoms with Crippen LogP contribution in [-0.2, 0) is 20.9 Å². The van der Waals surface area contributed by atoms with E-state index in [4.69, 9.17) is 4.74 Å². The number of nitrogens with zero attached hydrogens (tertiary/aromatic N) is 1. The first-order valence-corrected chi connectivity index (χ1v) is 13.4. The van der Waals surface area contributed by atoms with Crippen molar-refractivity contribution in [1.29, 1.82) is 0 Å². The molecular formula is C31H33N3O5. The van der Waals surface area contributed by atoms with Crippen LogP contribution in [0.15, 0.2) is 78.9 Å². The number of carbonyl (C=O) groups excluding carboxylic acids is 2. The fourth-order valence-electron chi connectivity index (χ4n) is 5.55. The number of alkyl carbamates (subject to hydrolysis) is 1. The molecule has 1 unspecified atom stereocenters. The van der Waals surface area contributed by atoms with Gasteiger partial charge in [-0.1, -0.05) is 78.9 Å². The number of carboxylic acids is 1. The number of piperidine rings is 1. The van der Waals surface area contributed by atoms with Crippen LogP contribution in [0.4, 0.5) is 4.79 Å². The van der Waals surface area contributed by atoms with Gasteiger partial charge in [-0.3, -0.25) is 14.5 Å². The number of rotatable bonds is 9. The summed E-state index contributed by atoms with van der Waals surface area (Å²) in [5.74, 6) is -1.81. The molecule has 202 valence electrons. The molecule has 0 saturated carbocycles. The van der Waals surface area contributed by atoms with Crippen molar-refractivity contribution in [3.63, 3.8) is 0 Å². The van der Waals surface area contributed by atoms with E-state index in [9.17, 15) is 19.5 Å². The van der Waals surface area contributed by atoms with Gasteiger partial charge in [-0.15, -0.1) is 0 Å². The Morgan fingerprint density at radius 2 is 1.46 bits per heavy atom. The first-order valence-electron chi connectivity index (χ1n) is 13.4. The summed E-state index contributed by atoms with van der Waals surface area (Å²) in [5, 5.41) is 14.8. The highest BCUT2D eigenvalue weighted by atomic mass is 16.5. The average molecular weight is 528 g/mol. The highest BCUT2D eigenvalue weighted by Gasteiger charge is 2.31. The molecule has 3 N–H and O–H groups in total. The van der Waals surface area contributed by atoms with E-state index in [0.717, 1.165) is 54.7 Å². The van der Waals surface area contributed by atoms with Gasteiger partial charge in [-0.05, 0) is 40.7 Å². The van der Waals surface area contributed by atoms with E-state index in [2.05, 4.69) is 27.7 Å². The predicted molar refractivity (Wildman–Crippen MR) is 147 cm³/mol. The number of hydrogen-bond donors (Lipinski definition) is 3. The molecule has 1 saturated heterocycles. The Balaban J connectivity index is 1.14. The number of carbonyl (C=O) groups is 3. The van der Waals surface area contributed by atoms with Gasteiger partial charge in [0.1, 0.15) is 12.6 Å². The SMILES string of the molecule is O=C(O)CC(NC(=O)OCC1c2ccccc2-c2ccccc21)C(=O)NC1CCN(Cc2ccccc2)CC1. The Bertz CT molecular complexity index is 1280. The van der Waals surface area contributed by atoms with Crippen LogP contribution < -0.4 is 10.6 Å². The van der Waals surface area contributed by atoms with Crippen LogP contribution in [0.3, 0.4) is 0 Å². The summed E-state index contributed by atoms with van der Waals surface area (Å²) in [6.45, 7) is 2.58. The molecule has 3 aromatic rings. The number of benzene rings is 3. The monoisotopic (exact) mass is 527 g/mol. The summed E-state index contributed by atoms with van der Waals surface area (Å²) in [6, 6.07) is 24.9. The quantitative estimate of drug-likeness (QED) is 0.386. The van der Waals surface area contributed by atoms with Crippen LogP contribution in [0.1, 0.15) is 41.9 Å². The lowest BCUT2D eigenvalue weighted by atomic mass is 9.98. The van der Waals surface area contributed by atoms with E-state index < -0.39 is 30.4 Å². The molecule has 1 fully saturated rings. The molecule has 0 bridgehead atoms. The third kappa shape index (κ3) is 6.46. The molecule has 0 aromatic heterocycles. The van der Waals surface area contributed by atoms with E-state index >= 15 is 0 Å². The van der Waals surface area contributed by atoms with Gasteiger partial charge >= 0.3 is 12.1 Å². The second-order valence-corrected chi connectivity index (χ2v) is 10.2. The average Bonchev–Trinajstić information content (AvgIpc) is 3.26. The van der Waals surface area contributed by atoms with E-state index in [-0.39, 0.29) is 18.6 Å². The molecule has 1 atom stereocenters. The Morgan fingerprint density at radius 3 is 2.08 bits per heavy atom. The van der Waals surface area contributed by atoms with E-state index in [1.165, 1.54) is 5.56 Å². The van der Waals surface area contributed by atoms with Crippen LogP contribution >= 0.6 is 0 Å². The maximum Gasteiger partial charge on any atom is 0.407 e. The molecule has 0 spiro atoms. The largest absolute Gasteiger partial charge is 0.481 e. The van der Waals surface area contributed by atoms with Crippen molar-refractivity contribution in [1.82, 2.24) is 15.5 Å². The second kappa shape index (κ2) is 12.1. The molecule has 2 aliphatic rings. The first kappa shape index (κ1) is 26.4. The molecule has 0 radical (unpaired) electrons. The lowest BCUT2D eigenvalue weighted by Crippen LogP contribution is -2.52. The topological polar surface area (TPSA) is 108 Å². The fourth-order valence-corrected chi connectivity index (χ4v) is 5.55. The number of carboxylic acid groups (broad SMARTS) is 1. The van der Waals surface area contributed by atoms with E-state index in [0.29, 0.717) is 0 Å². The standard InChI is InChI=1S/C31H33N3O5/c35-29(36)18-28(30(37)32-22-14-16-34(17-15-22)19-21-8-2-1-3-9-21)33-31(38)39-20-27-25-12-6-4-10-23(25)24-11-5-7-13-26(24)27/h1-13,22,27-28H,14-20H2,(H,32,37)(H,33,38)(H,35,36). The zero-order valence-corrected chi connectivity index (χ0v) is 21.7. The summed E-state index contributed by atoms with van der Waals surface area (Å²) in [5.41, 5.74) is 5.61. The van der Waals surface area contributed by atoms with Crippen LogP contribution in [-0.4, -0.2) is 59.8 Å².